The molecule has 1 rings (SSSR count). The first-order valence-electron chi connectivity index (χ1n) is 5.73. The number of ether oxygens (including phenoxy) is 2. The van der Waals surface area contributed by atoms with Gasteiger partial charge in [0, 0.05) is 12.5 Å². The maximum absolute atomic E-state index is 11.2. The summed E-state index contributed by atoms with van der Waals surface area (Å²) in [5.41, 5.74) is 0.658. The van der Waals surface area contributed by atoms with Gasteiger partial charge in [0.05, 0.1) is 19.9 Å². The average Bonchev–Trinajstić information content (AvgIpc) is 2.41. The molecule has 4 nitrogen and oxygen atoms in total. The molecule has 0 saturated carbocycles. The van der Waals surface area contributed by atoms with Crippen LogP contribution in [-0.4, -0.2) is 20.1 Å². The van der Waals surface area contributed by atoms with Crippen molar-refractivity contribution in [3.63, 3.8) is 0 Å². The molecule has 0 radical (unpaired) electrons. The highest BCUT2D eigenvalue weighted by atomic mass is 16.5. The molecule has 1 aromatic rings. The normalized spacial score (nSPS) is 8.76. The lowest BCUT2D eigenvalue weighted by molar-refractivity contribution is -0.115. The number of rotatable bonds is 4. The Labute approximate surface area is 103 Å². The molecular weight excluding hydrogens is 218 g/mol. The molecule has 0 saturated heterocycles. The van der Waals surface area contributed by atoms with Gasteiger partial charge in [0.25, 0.3) is 0 Å². The number of carbonyl (C=O) groups is 1. The molecule has 0 aliphatic heterocycles. The number of hydrogen-bond acceptors (Lipinski definition) is 3. The van der Waals surface area contributed by atoms with E-state index in [4.69, 9.17) is 9.47 Å². The Morgan fingerprint density at radius 1 is 1.24 bits per heavy atom. The topological polar surface area (TPSA) is 47.6 Å². The highest BCUT2D eigenvalue weighted by Crippen LogP contribution is 2.28. The molecule has 0 aromatic heterocycles. The van der Waals surface area contributed by atoms with Crippen LogP contribution in [0.5, 0.6) is 11.5 Å². The van der Waals surface area contributed by atoms with Crippen molar-refractivity contribution in [1.29, 1.82) is 0 Å². The van der Waals surface area contributed by atoms with Crippen molar-refractivity contribution in [2.45, 2.75) is 27.2 Å². The molecule has 0 aliphatic carbocycles. The minimum Gasteiger partial charge on any atom is -0.497 e. The van der Waals surface area contributed by atoms with Crippen LogP contribution < -0.4 is 14.8 Å². The zero-order chi connectivity index (χ0) is 13.3. The largest absolute Gasteiger partial charge is 0.497 e. The van der Waals surface area contributed by atoms with Crippen molar-refractivity contribution >= 4 is 11.6 Å². The minimum atomic E-state index is -0.0431. The second-order valence-corrected chi connectivity index (χ2v) is 2.97. The number of anilines is 1. The maximum Gasteiger partial charge on any atom is 0.224 e. The second kappa shape index (κ2) is 8.44. The minimum absolute atomic E-state index is 0.0431. The van der Waals surface area contributed by atoms with E-state index in [9.17, 15) is 4.79 Å². The average molecular weight is 239 g/mol. The quantitative estimate of drug-likeness (QED) is 0.878. The lowest BCUT2D eigenvalue weighted by Crippen LogP contribution is -2.10. The van der Waals surface area contributed by atoms with Crippen LogP contribution in [-0.2, 0) is 4.79 Å². The van der Waals surface area contributed by atoms with Crippen molar-refractivity contribution in [3.05, 3.63) is 18.2 Å². The molecule has 1 amide bonds. The summed E-state index contributed by atoms with van der Waals surface area (Å²) in [7, 11) is 3.13. The molecule has 96 valence electrons. The molecule has 1 aromatic carbocycles. The lowest BCUT2D eigenvalue weighted by Gasteiger charge is -2.10. The van der Waals surface area contributed by atoms with Gasteiger partial charge >= 0.3 is 0 Å². The van der Waals surface area contributed by atoms with Gasteiger partial charge in [-0.15, -0.1) is 0 Å². The van der Waals surface area contributed by atoms with Gasteiger partial charge in [-0.25, -0.2) is 0 Å². The smallest absolute Gasteiger partial charge is 0.224 e. The van der Waals surface area contributed by atoms with Crippen LogP contribution in [0.2, 0.25) is 0 Å². The Balaban J connectivity index is 0.00000121. The van der Waals surface area contributed by atoms with Crippen LogP contribution in [0.3, 0.4) is 0 Å². The first-order valence-corrected chi connectivity index (χ1v) is 5.73. The van der Waals surface area contributed by atoms with E-state index in [1.165, 1.54) is 0 Å². The summed E-state index contributed by atoms with van der Waals surface area (Å²) in [5, 5.41) is 2.74. The zero-order valence-corrected chi connectivity index (χ0v) is 11.2. The van der Waals surface area contributed by atoms with Gasteiger partial charge in [-0.3, -0.25) is 4.79 Å². The molecule has 0 atom stereocenters. The van der Waals surface area contributed by atoms with E-state index in [1.54, 1.807) is 39.3 Å². The van der Waals surface area contributed by atoms with Gasteiger partial charge in [-0.1, -0.05) is 20.8 Å². The number of methoxy groups -OCH3 is 2. The predicted molar refractivity (Wildman–Crippen MR) is 69.8 cm³/mol. The van der Waals surface area contributed by atoms with Gasteiger partial charge in [0.2, 0.25) is 5.91 Å². The molecular formula is C13H21NO3. The van der Waals surface area contributed by atoms with Crippen molar-refractivity contribution in [3.8, 4) is 11.5 Å². The molecule has 0 spiro atoms. The van der Waals surface area contributed by atoms with E-state index in [-0.39, 0.29) is 5.91 Å². The molecule has 0 heterocycles. The van der Waals surface area contributed by atoms with Gasteiger partial charge in [-0.05, 0) is 12.1 Å². The molecule has 0 unspecified atom stereocenters. The summed E-state index contributed by atoms with van der Waals surface area (Å²) in [6.45, 7) is 5.80. The third kappa shape index (κ3) is 4.76. The van der Waals surface area contributed by atoms with Crippen LogP contribution in [0, 0.1) is 0 Å². The number of nitrogens with one attached hydrogen (secondary N) is 1. The fourth-order valence-electron chi connectivity index (χ4n) is 1.14. The van der Waals surface area contributed by atoms with Crippen molar-refractivity contribution < 1.29 is 14.3 Å². The highest BCUT2D eigenvalue weighted by Gasteiger charge is 2.06. The third-order valence-electron chi connectivity index (χ3n) is 2.00. The molecule has 0 fully saturated rings. The van der Waals surface area contributed by atoms with Crippen LogP contribution in [0.4, 0.5) is 5.69 Å². The Morgan fingerprint density at radius 2 is 1.88 bits per heavy atom. The monoisotopic (exact) mass is 239 g/mol. The van der Waals surface area contributed by atoms with Crippen LogP contribution in [0.15, 0.2) is 18.2 Å². The van der Waals surface area contributed by atoms with E-state index in [1.807, 2.05) is 13.8 Å². The summed E-state index contributed by atoms with van der Waals surface area (Å²) in [4.78, 5) is 11.2. The van der Waals surface area contributed by atoms with Gasteiger partial charge in [0.15, 0.2) is 0 Å². The Morgan fingerprint density at radius 3 is 2.35 bits per heavy atom. The van der Waals surface area contributed by atoms with Crippen LogP contribution in [0.25, 0.3) is 0 Å². The van der Waals surface area contributed by atoms with E-state index in [0.29, 0.717) is 23.6 Å². The van der Waals surface area contributed by atoms with E-state index >= 15 is 0 Å². The third-order valence-corrected chi connectivity index (χ3v) is 2.00. The second-order valence-electron chi connectivity index (χ2n) is 2.97. The molecule has 1 N–H and O–H groups in total. The van der Waals surface area contributed by atoms with Gasteiger partial charge in [0.1, 0.15) is 11.5 Å². The SMILES string of the molecule is CC.CCC(=O)Nc1ccc(OC)cc1OC. The van der Waals surface area contributed by atoms with Gasteiger partial charge < -0.3 is 14.8 Å². The first kappa shape index (κ1) is 15.3. The maximum atomic E-state index is 11.2. The molecule has 0 bridgehead atoms. The predicted octanol–water partition coefficient (Wildman–Crippen LogP) is 3.08. The fraction of sp³-hybridized carbons (Fsp3) is 0.462. The number of benzene rings is 1. The Kier molecular flexibility index (Phi) is 7.59. The highest BCUT2D eigenvalue weighted by molar-refractivity contribution is 5.92. The molecule has 0 aliphatic rings. The summed E-state index contributed by atoms with van der Waals surface area (Å²) in [5.74, 6) is 1.25. The molecule has 4 heteroatoms. The zero-order valence-electron chi connectivity index (χ0n) is 11.2. The lowest BCUT2D eigenvalue weighted by atomic mass is 10.2. The Bertz CT molecular complexity index is 351. The summed E-state index contributed by atoms with van der Waals surface area (Å²) < 4.78 is 10.2. The number of hydrogen-bond donors (Lipinski definition) is 1. The summed E-state index contributed by atoms with van der Waals surface area (Å²) in [6, 6.07) is 5.25. The standard InChI is InChI=1S/C11H15NO3.C2H6/c1-4-11(13)12-9-6-5-8(14-2)7-10(9)15-3;1-2/h5-7H,4H2,1-3H3,(H,12,13);1-2H3. The number of carbonyl (C=O) groups excluding carboxylic acids is 1. The van der Waals surface area contributed by atoms with E-state index in [2.05, 4.69) is 5.32 Å². The van der Waals surface area contributed by atoms with E-state index < -0.39 is 0 Å². The van der Waals surface area contributed by atoms with Crippen LogP contribution >= 0.6 is 0 Å². The van der Waals surface area contributed by atoms with Gasteiger partial charge in [-0.2, -0.15) is 0 Å². The van der Waals surface area contributed by atoms with Crippen LogP contribution in [0.1, 0.15) is 27.2 Å². The Hall–Kier alpha value is -1.71. The summed E-state index contributed by atoms with van der Waals surface area (Å²) in [6.07, 6.45) is 0.440. The summed E-state index contributed by atoms with van der Waals surface area (Å²) >= 11 is 0. The van der Waals surface area contributed by atoms with Crippen molar-refractivity contribution in [1.82, 2.24) is 0 Å². The first-order chi connectivity index (χ1) is 8.21. The van der Waals surface area contributed by atoms with Crippen molar-refractivity contribution in [2.24, 2.45) is 0 Å². The number of amides is 1. The van der Waals surface area contributed by atoms with Crippen molar-refractivity contribution in [2.75, 3.05) is 19.5 Å². The molecule has 17 heavy (non-hydrogen) atoms. The fourth-order valence-corrected chi connectivity index (χ4v) is 1.14. The van der Waals surface area contributed by atoms with E-state index in [0.717, 1.165) is 0 Å².